The van der Waals surface area contributed by atoms with Crippen molar-refractivity contribution in [2.75, 3.05) is 0 Å². The Balaban J connectivity index is 1.33. The number of aryl methyl sites for hydroxylation is 1. The highest BCUT2D eigenvalue weighted by Crippen LogP contribution is 2.40. The fourth-order valence-electron chi connectivity index (χ4n) is 5.07. The van der Waals surface area contributed by atoms with Crippen molar-refractivity contribution in [1.82, 2.24) is 0 Å². The van der Waals surface area contributed by atoms with Gasteiger partial charge in [-0.3, -0.25) is 0 Å². The summed E-state index contributed by atoms with van der Waals surface area (Å²) in [6, 6.07) is 5.94. The normalized spacial score (nSPS) is 28.4. The number of hydrogen-bond acceptors (Lipinski definition) is 0. The minimum absolute atomic E-state index is 0.333. The maximum atomic E-state index is 13.5. The number of rotatable bonds is 6. The quantitative estimate of drug-likeness (QED) is 0.296. The third-order valence-corrected chi connectivity index (χ3v) is 8.76. The molecular weight excluding hydrogens is 354 g/mol. The van der Waals surface area contributed by atoms with Gasteiger partial charge in [0.2, 0.25) is 0 Å². The van der Waals surface area contributed by atoms with Gasteiger partial charge in [0.05, 0.1) is 0 Å². The Hall–Kier alpha value is -0.413. The molecule has 1 saturated heterocycles. The molecule has 0 radical (unpaired) electrons. The molecule has 0 N–H and O–H groups in total. The summed E-state index contributed by atoms with van der Waals surface area (Å²) >= 11 is 5.53. The maximum absolute atomic E-state index is 13.5. The Morgan fingerprint density at radius 2 is 1.48 bits per heavy atom. The fraction of sp³-hybridized carbons (Fsp3) is 0.714. The van der Waals surface area contributed by atoms with E-state index in [1.54, 1.807) is 12.1 Å². The second kappa shape index (κ2) is 9.50. The average Bonchev–Trinajstić information content (AvgIpc) is 2.64. The first-order valence-corrected chi connectivity index (χ1v) is 12.6. The third kappa shape index (κ3) is 5.53. The SMILES string of the molecule is Fc1cc(CCCC[C@H]2CC[C@H](C3CC[SiH2]CC3)CC2)cc(F)c1Cl. The zero-order valence-corrected chi connectivity index (χ0v) is 17.4. The molecule has 2 fully saturated rings. The van der Waals surface area contributed by atoms with Crippen LogP contribution in [0.2, 0.25) is 17.1 Å². The summed E-state index contributed by atoms with van der Waals surface area (Å²) in [5.41, 5.74) is 0.726. The van der Waals surface area contributed by atoms with Gasteiger partial charge in [-0.05, 0) is 61.1 Å². The van der Waals surface area contributed by atoms with Gasteiger partial charge >= 0.3 is 0 Å². The van der Waals surface area contributed by atoms with Crippen LogP contribution in [0.15, 0.2) is 12.1 Å². The average molecular weight is 385 g/mol. The molecule has 1 aromatic rings. The second-order valence-electron chi connectivity index (χ2n) is 8.30. The van der Waals surface area contributed by atoms with E-state index in [9.17, 15) is 8.78 Å². The fourth-order valence-corrected chi connectivity index (χ4v) is 7.16. The summed E-state index contributed by atoms with van der Waals surface area (Å²) < 4.78 is 26.9. The number of unbranched alkanes of at least 4 members (excludes halogenated alkanes) is 1. The van der Waals surface area contributed by atoms with Gasteiger partial charge < -0.3 is 0 Å². The molecule has 0 atom stereocenters. The largest absolute Gasteiger partial charge is 0.205 e. The van der Waals surface area contributed by atoms with Crippen molar-refractivity contribution in [3.8, 4) is 0 Å². The molecule has 140 valence electrons. The summed E-state index contributed by atoms with van der Waals surface area (Å²) in [6.45, 7) is 0. The van der Waals surface area contributed by atoms with Gasteiger partial charge in [0.1, 0.15) is 16.7 Å². The molecule has 1 aliphatic carbocycles. The van der Waals surface area contributed by atoms with Crippen molar-refractivity contribution in [3.05, 3.63) is 34.4 Å². The Morgan fingerprint density at radius 1 is 0.880 bits per heavy atom. The number of hydrogen-bond donors (Lipinski definition) is 0. The zero-order chi connectivity index (χ0) is 17.6. The van der Waals surface area contributed by atoms with E-state index in [1.807, 2.05) is 0 Å². The molecule has 0 spiro atoms. The topological polar surface area (TPSA) is 0 Å². The molecule has 0 unspecified atom stereocenters. The molecule has 1 aromatic carbocycles. The lowest BCUT2D eigenvalue weighted by atomic mass is 9.73. The Labute approximate surface area is 158 Å². The third-order valence-electron chi connectivity index (χ3n) is 6.58. The lowest BCUT2D eigenvalue weighted by molar-refractivity contribution is 0.185. The lowest BCUT2D eigenvalue weighted by Gasteiger charge is -2.35. The Kier molecular flexibility index (Phi) is 7.35. The van der Waals surface area contributed by atoms with Gasteiger partial charge in [-0.1, -0.05) is 62.2 Å². The van der Waals surface area contributed by atoms with Crippen molar-refractivity contribution in [2.45, 2.75) is 76.3 Å². The van der Waals surface area contributed by atoms with Crippen molar-refractivity contribution in [3.63, 3.8) is 0 Å². The molecule has 25 heavy (non-hydrogen) atoms. The van der Waals surface area contributed by atoms with Gasteiger partial charge in [0.25, 0.3) is 0 Å². The predicted molar refractivity (Wildman–Crippen MR) is 105 cm³/mol. The highest BCUT2D eigenvalue weighted by molar-refractivity contribution is 6.35. The molecule has 0 aromatic heterocycles. The first-order chi connectivity index (χ1) is 12.1. The molecule has 1 aliphatic heterocycles. The van der Waals surface area contributed by atoms with Crippen molar-refractivity contribution in [1.29, 1.82) is 0 Å². The van der Waals surface area contributed by atoms with E-state index < -0.39 is 11.6 Å². The molecule has 0 nitrogen and oxygen atoms in total. The summed E-state index contributed by atoms with van der Waals surface area (Å²) in [4.78, 5) is 0. The smallest absolute Gasteiger partial charge is 0.145 e. The minimum atomic E-state index is -0.639. The van der Waals surface area contributed by atoms with Crippen LogP contribution in [0.3, 0.4) is 0 Å². The molecule has 1 heterocycles. The van der Waals surface area contributed by atoms with E-state index in [-0.39, 0.29) is 5.02 Å². The van der Waals surface area contributed by atoms with Gasteiger partial charge in [-0.15, -0.1) is 0 Å². The van der Waals surface area contributed by atoms with Crippen LogP contribution < -0.4 is 0 Å². The van der Waals surface area contributed by atoms with Gasteiger partial charge in [0, 0.05) is 9.52 Å². The minimum Gasteiger partial charge on any atom is -0.205 e. The van der Waals surface area contributed by atoms with E-state index in [0.29, 0.717) is 9.52 Å². The van der Waals surface area contributed by atoms with Crippen LogP contribution in [-0.2, 0) is 6.42 Å². The van der Waals surface area contributed by atoms with Crippen LogP contribution in [0.5, 0.6) is 0 Å². The number of halogens is 3. The standard InChI is InChI=1S/C21H31ClF2Si/c22-21-19(23)13-16(14-20(21)24)4-2-1-3-15-5-7-17(8-6-15)18-9-11-25-12-10-18/h13-15,17-18H,1-12,25H2/t15-,17-. The molecular formula is C21H31ClF2Si. The predicted octanol–water partition coefficient (Wildman–Crippen LogP) is 6.55. The molecule has 0 bridgehead atoms. The van der Waals surface area contributed by atoms with Crippen LogP contribution in [0.4, 0.5) is 8.78 Å². The summed E-state index contributed by atoms with van der Waals surface area (Å²) in [5.74, 6) is 1.68. The van der Waals surface area contributed by atoms with E-state index in [4.69, 9.17) is 11.6 Å². The van der Waals surface area contributed by atoms with E-state index >= 15 is 0 Å². The van der Waals surface area contributed by atoms with Gasteiger partial charge in [-0.25, -0.2) is 8.78 Å². The van der Waals surface area contributed by atoms with E-state index in [0.717, 1.165) is 42.6 Å². The van der Waals surface area contributed by atoms with E-state index in [1.165, 1.54) is 57.1 Å². The van der Waals surface area contributed by atoms with Crippen LogP contribution >= 0.6 is 11.6 Å². The van der Waals surface area contributed by atoms with Crippen molar-refractivity contribution >= 4 is 21.1 Å². The van der Waals surface area contributed by atoms with Gasteiger partial charge in [0.15, 0.2) is 0 Å². The Bertz CT molecular complexity index is 526. The molecule has 2 aliphatic rings. The first kappa shape index (κ1) is 19.4. The van der Waals surface area contributed by atoms with Crippen molar-refractivity contribution < 1.29 is 8.78 Å². The van der Waals surface area contributed by atoms with Crippen LogP contribution in [0, 0.1) is 29.4 Å². The number of benzene rings is 1. The summed E-state index contributed by atoms with van der Waals surface area (Å²) in [7, 11) is 0.333. The summed E-state index contributed by atoms with van der Waals surface area (Å²) in [5, 5.41) is -0.388. The molecule has 1 saturated carbocycles. The van der Waals surface area contributed by atoms with Crippen LogP contribution in [-0.4, -0.2) is 9.52 Å². The monoisotopic (exact) mass is 384 g/mol. The maximum Gasteiger partial charge on any atom is 0.145 e. The van der Waals surface area contributed by atoms with E-state index in [2.05, 4.69) is 0 Å². The highest BCUT2D eigenvalue weighted by Gasteiger charge is 2.28. The highest BCUT2D eigenvalue weighted by atomic mass is 35.5. The second-order valence-corrected chi connectivity index (χ2v) is 10.8. The van der Waals surface area contributed by atoms with Gasteiger partial charge in [-0.2, -0.15) is 0 Å². The molecule has 4 heteroatoms. The zero-order valence-electron chi connectivity index (χ0n) is 15.2. The molecule has 0 amide bonds. The lowest BCUT2D eigenvalue weighted by Crippen LogP contribution is -2.24. The van der Waals surface area contributed by atoms with Crippen molar-refractivity contribution in [2.24, 2.45) is 17.8 Å². The Morgan fingerprint density at radius 3 is 2.12 bits per heavy atom. The molecule has 3 rings (SSSR count). The van der Waals surface area contributed by atoms with Crippen LogP contribution in [0.1, 0.15) is 63.4 Å². The van der Waals surface area contributed by atoms with Crippen LogP contribution in [0.25, 0.3) is 0 Å². The first-order valence-electron chi connectivity index (χ1n) is 10.3. The summed E-state index contributed by atoms with van der Waals surface area (Å²) in [6.07, 6.45) is 13.0.